The fourth-order valence-corrected chi connectivity index (χ4v) is 1.29. The van der Waals surface area contributed by atoms with E-state index in [9.17, 15) is 4.79 Å². The van der Waals surface area contributed by atoms with Crippen molar-refractivity contribution in [2.45, 2.75) is 6.92 Å². The summed E-state index contributed by atoms with van der Waals surface area (Å²) in [6, 6.07) is 7.89. The van der Waals surface area contributed by atoms with Crippen molar-refractivity contribution in [1.29, 1.82) is 0 Å². The highest BCUT2D eigenvalue weighted by Gasteiger charge is 1.93. The van der Waals surface area contributed by atoms with E-state index in [1.165, 1.54) is 9.65 Å². The molecular weight excluding hydrogens is 291 g/mol. The van der Waals surface area contributed by atoms with Gasteiger partial charge in [0.1, 0.15) is 0 Å². The topological polar surface area (TPSA) is 26.3 Å². The minimum absolute atomic E-state index is 0.300. The molecule has 0 N–H and O–H groups in total. The van der Waals surface area contributed by atoms with Crippen LogP contribution >= 0.6 is 22.6 Å². The molecule has 14 heavy (non-hydrogen) atoms. The molecule has 1 aromatic carbocycles. The second-order valence-electron chi connectivity index (χ2n) is 2.64. The van der Waals surface area contributed by atoms with Crippen molar-refractivity contribution >= 4 is 34.6 Å². The Balaban J connectivity index is 2.60. The molecule has 0 saturated carbocycles. The molecule has 74 valence electrons. The van der Waals surface area contributed by atoms with Crippen molar-refractivity contribution < 1.29 is 9.53 Å². The highest BCUT2D eigenvalue weighted by atomic mass is 127. The van der Waals surface area contributed by atoms with E-state index in [2.05, 4.69) is 22.6 Å². The van der Waals surface area contributed by atoms with Gasteiger partial charge < -0.3 is 4.74 Å². The average Bonchev–Trinajstić information content (AvgIpc) is 2.17. The van der Waals surface area contributed by atoms with Gasteiger partial charge in [-0.1, -0.05) is 12.1 Å². The van der Waals surface area contributed by atoms with E-state index >= 15 is 0 Å². The van der Waals surface area contributed by atoms with Gasteiger partial charge in [-0.05, 0) is 53.3 Å². The Labute approximate surface area is 97.1 Å². The molecule has 2 nitrogen and oxygen atoms in total. The quantitative estimate of drug-likeness (QED) is 0.487. The lowest BCUT2D eigenvalue weighted by atomic mass is 10.2. The minimum atomic E-state index is -0.300. The van der Waals surface area contributed by atoms with E-state index < -0.39 is 0 Å². The van der Waals surface area contributed by atoms with Crippen LogP contribution in [0.4, 0.5) is 0 Å². The lowest BCUT2D eigenvalue weighted by molar-refractivity contribution is -0.137. The standard InChI is InChI=1S/C11H11IO2/c1-2-14-11(13)8-5-9-3-6-10(12)7-4-9/h3-8H,2H2,1H3/b8-5-. The maximum Gasteiger partial charge on any atom is 0.330 e. The second-order valence-corrected chi connectivity index (χ2v) is 3.88. The zero-order chi connectivity index (χ0) is 10.4. The van der Waals surface area contributed by atoms with Crippen LogP contribution in [0.1, 0.15) is 12.5 Å². The van der Waals surface area contributed by atoms with Gasteiger partial charge in [-0.15, -0.1) is 0 Å². The Kier molecular flexibility index (Phi) is 4.65. The summed E-state index contributed by atoms with van der Waals surface area (Å²) in [6.45, 7) is 2.20. The van der Waals surface area contributed by atoms with Gasteiger partial charge in [-0.2, -0.15) is 0 Å². The Morgan fingerprint density at radius 2 is 2.07 bits per heavy atom. The first-order valence-electron chi connectivity index (χ1n) is 4.33. The van der Waals surface area contributed by atoms with E-state index in [-0.39, 0.29) is 5.97 Å². The summed E-state index contributed by atoms with van der Waals surface area (Å²) in [5.74, 6) is -0.300. The van der Waals surface area contributed by atoms with Crippen LogP contribution in [0.3, 0.4) is 0 Å². The summed E-state index contributed by atoms with van der Waals surface area (Å²) in [6.07, 6.45) is 3.18. The van der Waals surface area contributed by atoms with Crippen LogP contribution in [0.2, 0.25) is 0 Å². The number of hydrogen-bond donors (Lipinski definition) is 0. The Morgan fingerprint density at radius 3 is 2.64 bits per heavy atom. The normalized spacial score (nSPS) is 10.4. The lowest BCUT2D eigenvalue weighted by Crippen LogP contribution is -1.98. The number of rotatable bonds is 3. The number of carbonyl (C=O) groups excluding carboxylic acids is 1. The van der Waals surface area contributed by atoms with Gasteiger partial charge in [-0.3, -0.25) is 0 Å². The lowest BCUT2D eigenvalue weighted by Gasteiger charge is -1.95. The first-order valence-corrected chi connectivity index (χ1v) is 5.40. The van der Waals surface area contributed by atoms with E-state index in [1.807, 2.05) is 24.3 Å². The summed E-state index contributed by atoms with van der Waals surface area (Å²) in [7, 11) is 0. The van der Waals surface area contributed by atoms with Crippen LogP contribution in [-0.2, 0) is 9.53 Å². The first kappa shape index (κ1) is 11.2. The van der Waals surface area contributed by atoms with Crippen LogP contribution in [0.5, 0.6) is 0 Å². The Bertz CT molecular complexity index is 328. The molecule has 0 radical (unpaired) electrons. The maximum absolute atomic E-state index is 11.0. The van der Waals surface area contributed by atoms with Crippen LogP contribution < -0.4 is 0 Å². The number of carbonyl (C=O) groups is 1. The summed E-state index contributed by atoms with van der Waals surface area (Å²) in [4.78, 5) is 11.0. The molecule has 1 aromatic rings. The zero-order valence-corrected chi connectivity index (χ0v) is 10.0. The highest BCUT2D eigenvalue weighted by molar-refractivity contribution is 14.1. The first-order chi connectivity index (χ1) is 6.72. The molecule has 0 aliphatic carbocycles. The van der Waals surface area contributed by atoms with Crippen molar-refractivity contribution in [3.63, 3.8) is 0 Å². The largest absolute Gasteiger partial charge is 0.463 e. The number of esters is 1. The molecule has 0 aliphatic heterocycles. The summed E-state index contributed by atoms with van der Waals surface area (Å²) in [5, 5.41) is 0. The molecule has 0 spiro atoms. The monoisotopic (exact) mass is 302 g/mol. The van der Waals surface area contributed by atoms with Gasteiger partial charge >= 0.3 is 5.97 Å². The second kappa shape index (κ2) is 5.80. The van der Waals surface area contributed by atoms with Crippen molar-refractivity contribution in [2.75, 3.05) is 6.61 Å². The molecule has 3 heteroatoms. The fourth-order valence-electron chi connectivity index (χ4n) is 0.929. The molecule has 0 atom stereocenters. The fraction of sp³-hybridized carbons (Fsp3) is 0.182. The minimum Gasteiger partial charge on any atom is -0.463 e. The van der Waals surface area contributed by atoms with Crippen molar-refractivity contribution in [1.82, 2.24) is 0 Å². The molecule has 0 aromatic heterocycles. The third kappa shape index (κ3) is 3.91. The van der Waals surface area contributed by atoms with Gasteiger partial charge in [0.05, 0.1) is 6.61 Å². The van der Waals surface area contributed by atoms with Gasteiger partial charge in [0, 0.05) is 9.65 Å². The Hall–Kier alpha value is -0.840. The van der Waals surface area contributed by atoms with Gasteiger partial charge in [0.2, 0.25) is 0 Å². The van der Waals surface area contributed by atoms with E-state index in [0.717, 1.165) is 5.56 Å². The van der Waals surface area contributed by atoms with Crippen molar-refractivity contribution in [3.8, 4) is 0 Å². The van der Waals surface area contributed by atoms with E-state index in [4.69, 9.17) is 4.74 Å². The highest BCUT2D eigenvalue weighted by Crippen LogP contribution is 2.07. The molecular formula is C11H11IO2. The maximum atomic E-state index is 11.0. The SMILES string of the molecule is CCOC(=O)/C=C\c1ccc(I)cc1. The number of hydrogen-bond acceptors (Lipinski definition) is 2. The van der Waals surface area contributed by atoms with Crippen LogP contribution in [0.15, 0.2) is 30.3 Å². The number of ether oxygens (including phenoxy) is 1. The average molecular weight is 302 g/mol. The summed E-state index contributed by atoms with van der Waals surface area (Å²) < 4.78 is 5.94. The van der Waals surface area contributed by atoms with Gasteiger partial charge in [0.25, 0.3) is 0 Å². The van der Waals surface area contributed by atoms with Gasteiger partial charge in [0.15, 0.2) is 0 Å². The smallest absolute Gasteiger partial charge is 0.330 e. The Morgan fingerprint density at radius 1 is 1.43 bits per heavy atom. The molecule has 0 bridgehead atoms. The molecule has 0 unspecified atom stereocenters. The number of halogens is 1. The van der Waals surface area contributed by atoms with Crippen molar-refractivity contribution in [3.05, 3.63) is 39.5 Å². The van der Waals surface area contributed by atoms with Crippen LogP contribution in [0.25, 0.3) is 6.08 Å². The summed E-state index contributed by atoms with van der Waals surface area (Å²) >= 11 is 2.24. The molecule has 1 rings (SSSR count). The molecule has 0 amide bonds. The predicted molar refractivity (Wildman–Crippen MR) is 64.8 cm³/mol. The molecule has 0 saturated heterocycles. The van der Waals surface area contributed by atoms with Crippen molar-refractivity contribution in [2.24, 2.45) is 0 Å². The molecule has 0 aliphatic rings. The molecule has 0 heterocycles. The van der Waals surface area contributed by atoms with Gasteiger partial charge in [-0.25, -0.2) is 4.79 Å². The number of benzene rings is 1. The van der Waals surface area contributed by atoms with Crippen LogP contribution in [-0.4, -0.2) is 12.6 Å². The zero-order valence-electron chi connectivity index (χ0n) is 7.87. The van der Waals surface area contributed by atoms with Crippen LogP contribution in [0, 0.1) is 3.57 Å². The predicted octanol–water partition coefficient (Wildman–Crippen LogP) is 2.87. The van der Waals surface area contributed by atoms with E-state index in [1.54, 1.807) is 13.0 Å². The third-order valence-corrected chi connectivity index (χ3v) is 2.29. The third-order valence-electron chi connectivity index (χ3n) is 1.57. The summed E-state index contributed by atoms with van der Waals surface area (Å²) in [5.41, 5.74) is 0.999. The molecule has 0 fully saturated rings. The van der Waals surface area contributed by atoms with E-state index in [0.29, 0.717) is 6.61 Å².